The molecular formula is C16H17ClN6O2. The molecule has 0 fully saturated rings. The Hall–Kier alpha value is -2.87. The van der Waals surface area contributed by atoms with E-state index in [0.29, 0.717) is 16.5 Å². The van der Waals surface area contributed by atoms with Crippen molar-refractivity contribution < 1.29 is 9.90 Å². The van der Waals surface area contributed by atoms with Gasteiger partial charge in [0.05, 0.1) is 0 Å². The molecule has 9 heteroatoms. The van der Waals surface area contributed by atoms with Crippen LogP contribution in [0, 0.1) is 0 Å². The maximum absolute atomic E-state index is 11.6. The van der Waals surface area contributed by atoms with Crippen LogP contribution in [-0.2, 0) is 0 Å². The lowest BCUT2D eigenvalue weighted by atomic mass is 10.3. The number of hydrogen-bond donors (Lipinski definition) is 1. The first-order chi connectivity index (χ1) is 11.9. The number of fused-ring (bicyclic) bond motifs is 1. The van der Waals surface area contributed by atoms with Crippen LogP contribution in [0.15, 0.2) is 36.7 Å². The monoisotopic (exact) mass is 360 g/mol. The van der Waals surface area contributed by atoms with E-state index in [-0.39, 0.29) is 12.0 Å². The fourth-order valence-corrected chi connectivity index (χ4v) is 2.65. The van der Waals surface area contributed by atoms with Gasteiger partial charge in [0.15, 0.2) is 5.82 Å². The summed E-state index contributed by atoms with van der Waals surface area (Å²) in [7, 11) is 1.84. The van der Waals surface area contributed by atoms with Crippen molar-refractivity contribution in [3.63, 3.8) is 0 Å². The van der Waals surface area contributed by atoms with Gasteiger partial charge in [0.25, 0.3) is 0 Å². The number of rotatable bonds is 4. The fourth-order valence-electron chi connectivity index (χ4n) is 2.53. The highest BCUT2D eigenvalue weighted by Gasteiger charge is 2.25. The van der Waals surface area contributed by atoms with Crippen LogP contribution < -0.4 is 9.80 Å². The Bertz CT molecular complexity index is 909. The Labute approximate surface area is 149 Å². The SMILES string of the molecule is CC(C)N(C(=O)O)c1nnc2c(N(C)c3ccc(Cl)cc3)nccn12. The summed E-state index contributed by atoms with van der Waals surface area (Å²) in [5.74, 6) is 0.781. The molecule has 0 atom stereocenters. The molecule has 1 amide bonds. The van der Waals surface area contributed by atoms with E-state index in [1.165, 1.54) is 0 Å². The predicted molar refractivity (Wildman–Crippen MR) is 95.9 cm³/mol. The molecular weight excluding hydrogens is 344 g/mol. The second-order valence-electron chi connectivity index (χ2n) is 5.73. The van der Waals surface area contributed by atoms with Crippen molar-refractivity contribution in [2.45, 2.75) is 19.9 Å². The molecule has 130 valence electrons. The van der Waals surface area contributed by atoms with E-state index in [0.717, 1.165) is 10.6 Å². The summed E-state index contributed by atoms with van der Waals surface area (Å²) in [4.78, 5) is 18.9. The summed E-state index contributed by atoms with van der Waals surface area (Å²) in [5, 5.41) is 18.3. The van der Waals surface area contributed by atoms with Gasteiger partial charge in [0, 0.05) is 36.2 Å². The smallest absolute Gasteiger partial charge is 0.414 e. The van der Waals surface area contributed by atoms with E-state index in [1.807, 2.05) is 24.1 Å². The highest BCUT2D eigenvalue weighted by Crippen LogP contribution is 2.27. The molecule has 25 heavy (non-hydrogen) atoms. The molecule has 2 aromatic heterocycles. The molecule has 3 aromatic rings. The van der Waals surface area contributed by atoms with Gasteiger partial charge in [0.1, 0.15) is 0 Å². The van der Waals surface area contributed by atoms with Gasteiger partial charge in [-0.3, -0.25) is 4.40 Å². The Kier molecular flexibility index (Phi) is 4.45. The Morgan fingerprint density at radius 3 is 2.52 bits per heavy atom. The Morgan fingerprint density at radius 1 is 1.24 bits per heavy atom. The highest BCUT2D eigenvalue weighted by atomic mass is 35.5. The van der Waals surface area contributed by atoms with E-state index in [2.05, 4.69) is 15.2 Å². The molecule has 0 bridgehead atoms. The van der Waals surface area contributed by atoms with E-state index in [9.17, 15) is 9.90 Å². The maximum atomic E-state index is 11.6. The van der Waals surface area contributed by atoms with Gasteiger partial charge >= 0.3 is 6.09 Å². The third kappa shape index (κ3) is 3.08. The number of carbonyl (C=O) groups is 1. The minimum atomic E-state index is -1.09. The predicted octanol–water partition coefficient (Wildman–Crippen LogP) is 3.44. The van der Waals surface area contributed by atoms with Gasteiger partial charge < -0.3 is 10.0 Å². The number of nitrogens with zero attached hydrogens (tertiary/aromatic N) is 6. The van der Waals surface area contributed by atoms with Crippen LogP contribution >= 0.6 is 11.6 Å². The third-order valence-electron chi connectivity index (χ3n) is 3.76. The zero-order chi connectivity index (χ0) is 18.1. The zero-order valence-electron chi connectivity index (χ0n) is 14.0. The highest BCUT2D eigenvalue weighted by molar-refractivity contribution is 6.30. The summed E-state index contributed by atoms with van der Waals surface area (Å²) in [6.45, 7) is 3.55. The van der Waals surface area contributed by atoms with Gasteiger partial charge in [-0.05, 0) is 38.1 Å². The molecule has 1 aromatic carbocycles. The van der Waals surface area contributed by atoms with Crippen LogP contribution in [0.5, 0.6) is 0 Å². The number of halogens is 1. The van der Waals surface area contributed by atoms with Crippen molar-refractivity contribution in [3.05, 3.63) is 41.7 Å². The van der Waals surface area contributed by atoms with Crippen LogP contribution in [0.2, 0.25) is 5.02 Å². The van der Waals surface area contributed by atoms with Crippen LogP contribution in [0.4, 0.5) is 22.2 Å². The van der Waals surface area contributed by atoms with Crippen molar-refractivity contribution in [2.24, 2.45) is 0 Å². The van der Waals surface area contributed by atoms with Gasteiger partial charge in [-0.25, -0.2) is 14.7 Å². The quantitative estimate of drug-likeness (QED) is 0.766. The summed E-state index contributed by atoms with van der Waals surface area (Å²) < 4.78 is 1.61. The number of carboxylic acid groups (broad SMARTS) is 1. The molecule has 0 radical (unpaired) electrons. The topological polar surface area (TPSA) is 86.9 Å². The summed E-state index contributed by atoms with van der Waals surface area (Å²) in [6, 6.07) is 7.02. The minimum Gasteiger partial charge on any atom is -0.465 e. The van der Waals surface area contributed by atoms with E-state index in [1.54, 1.807) is 42.8 Å². The summed E-state index contributed by atoms with van der Waals surface area (Å²) >= 11 is 5.93. The van der Waals surface area contributed by atoms with E-state index in [4.69, 9.17) is 11.6 Å². The van der Waals surface area contributed by atoms with Crippen molar-refractivity contribution in [3.8, 4) is 0 Å². The number of anilines is 3. The van der Waals surface area contributed by atoms with Crippen molar-refractivity contribution in [2.75, 3.05) is 16.8 Å². The maximum Gasteiger partial charge on any atom is 0.414 e. The van der Waals surface area contributed by atoms with Crippen molar-refractivity contribution in [1.82, 2.24) is 19.6 Å². The number of amides is 1. The molecule has 0 unspecified atom stereocenters. The van der Waals surface area contributed by atoms with Crippen molar-refractivity contribution in [1.29, 1.82) is 0 Å². The average molecular weight is 361 g/mol. The lowest BCUT2D eigenvalue weighted by molar-refractivity contribution is 0.199. The van der Waals surface area contributed by atoms with Crippen LogP contribution in [0.25, 0.3) is 5.65 Å². The Balaban J connectivity index is 2.10. The lowest BCUT2D eigenvalue weighted by Gasteiger charge is -2.21. The lowest BCUT2D eigenvalue weighted by Crippen LogP contribution is -2.37. The molecule has 0 saturated carbocycles. The Morgan fingerprint density at radius 2 is 1.92 bits per heavy atom. The first-order valence-electron chi connectivity index (χ1n) is 7.61. The van der Waals surface area contributed by atoms with Gasteiger partial charge in [-0.2, -0.15) is 0 Å². The zero-order valence-corrected chi connectivity index (χ0v) is 14.7. The first kappa shape index (κ1) is 17.0. The molecule has 0 aliphatic carbocycles. The molecule has 2 heterocycles. The normalized spacial score (nSPS) is 11.1. The molecule has 0 aliphatic heterocycles. The second kappa shape index (κ2) is 6.56. The van der Waals surface area contributed by atoms with E-state index >= 15 is 0 Å². The van der Waals surface area contributed by atoms with Crippen LogP contribution in [0.3, 0.4) is 0 Å². The van der Waals surface area contributed by atoms with E-state index < -0.39 is 6.09 Å². The van der Waals surface area contributed by atoms with Crippen LogP contribution in [0.1, 0.15) is 13.8 Å². The molecule has 1 N–H and O–H groups in total. The van der Waals surface area contributed by atoms with Crippen molar-refractivity contribution >= 4 is 40.8 Å². The number of hydrogen-bond acceptors (Lipinski definition) is 5. The standard InChI is InChI=1S/C16H17ClN6O2/c1-10(2)23(16(24)25)15-20-19-14-13(18-8-9-22(14)15)21(3)12-6-4-11(17)5-7-12/h4-10H,1-3H3,(H,24,25). The van der Waals surface area contributed by atoms with Crippen LogP contribution in [-0.4, -0.2) is 43.9 Å². The molecule has 0 saturated heterocycles. The summed E-state index contributed by atoms with van der Waals surface area (Å²) in [5.41, 5.74) is 1.33. The summed E-state index contributed by atoms with van der Waals surface area (Å²) in [6.07, 6.45) is 2.14. The average Bonchev–Trinajstić information content (AvgIpc) is 2.98. The van der Waals surface area contributed by atoms with Gasteiger partial charge in [0.2, 0.25) is 11.6 Å². The minimum absolute atomic E-state index is 0.227. The van der Waals surface area contributed by atoms with Gasteiger partial charge in [-0.15, -0.1) is 10.2 Å². The number of benzene rings is 1. The molecule has 0 aliphatic rings. The van der Waals surface area contributed by atoms with Gasteiger partial charge in [-0.1, -0.05) is 11.6 Å². The third-order valence-corrected chi connectivity index (χ3v) is 4.01. The first-order valence-corrected chi connectivity index (χ1v) is 7.99. The number of aromatic nitrogens is 4. The molecule has 0 spiro atoms. The molecule has 8 nitrogen and oxygen atoms in total. The fraction of sp³-hybridized carbons (Fsp3) is 0.250. The second-order valence-corrected chi connectivity index (χ2v) is 6.16. The largest absolute Gasteiger partial charge is 0.465 e. The molecule has 3 rings (SSSR count).